The van der Waals surface area contributed by atoms with E-state index in [0.717, 1.165) is 0 Å². The second-order valence-corrected chi connectivity index (χ2v) is 5.75. The van der Waals surface area contributed by atoms with E-state index < -0.39 is 17.9 Å². The molecule has 0 radical (unpaired) electrons. The van der Waals surface area contributed by atoms with Gasteiger partial charge in [0.1, 0.15) is 11.9 Å². The fourth-order valence-corrected chi connectivity index (χ4v) is 2.46. The van der Waals surface area contributed by atoms with Crippen molar-refractivity contribution in [3.05, 3.63) is 46.4 Å². The minimum absolute atomic E-state index is 0.0664. The number of aromatic nitrogens is 2. The zero-order valence-corrected chi connectivity index (χ0v) is 13.9. The molecule has 0 aliphatic carbocycles. The molecule has 1 amide bonds. The average Bonchev–Trinajstić information content (AvgIpc) is 2.89. The third-order valence-electron chi connectivity index (χ3n) is 3.16. The van der Waals surface area contributed by atoms with Crippen molar-refractivity contribution < 1.29 is 19.1 Å². The van der Waals surface area contributed by atoms with Crippen molar-refractivity contribution in [3.8, 4) is 5.69 Å². The lowest BCUT2D eigenvalue weighted by atomic mass is 10.1. The quantitative estimate of drug-likeness (QED) is 0.802. The monoisotopic (exact) mass is 383 g/mol. The predicted octanol–water partition coefficient (Wildman–Crippen LogP) is 2.76. The van der Waals surface area contributed by atoms with Crippen LogP contribution < -0.4 is 5.32 Å². The summed E-state index contributed by atoms with van der Waals surface area (Å²) in [7, 11) is 0. The Hall–Kier alpha value is -2.22. The van der Waals surface area contributed by atoms with Crippen LogP contribution in [0.25, 0.3) is 5.69 Å². The third-order valence-corrected chi connectivity index (χ3v) is 3.74. The fourth-order valence-electron chi connectivity index (χ4n) is 2.01. The lowest BCUT2D eigenvalue weighted by Gasteiger charge is -2.12. The van der Waals surface area contributed by atoms with E-state index in [9.17, 15) is 14.0 Å². The van der Waals surface area contributed by atoms with Crippen LogP contribution in [0.3, 0.4) is 0 Å². The van der Waals surface area contributed by atoms with Crippen LogP contribution in [0.2, 0.25) is 0 Å². The molecule has 0 bridgehead atoms. The molecule has 8 heteroatoms. The number of carboxylic acid groups (broad SMARTS) is 1. The molecule has 2 N–H and O–H groups in total. The number of nitrogens with zero attached hydrogens (tertiary/aromatic N) is 2. The zero-order valence-electron chi connectivity index (χ0n) is 12.3. The first-order valence-electron chi connectivity index (χ1n) is 6.97. The Morgan fingerprint density at radius 2 is 2.04 bits per heavy atom. The highest BCUT2D eigenvalue weighted by atomic mass is 79.9. The Balaban J connectivity index is 2.21. The van der Waals surface area contributed by atoms with E-state index in [4.69, 9.17) is 5.11 Å². The Bertz CT molecular complexity index is 715. The molecule has 1 aromatic heterocycles. The lowest BCUT2D eigenvalue weighted by Crippen LogP contribution is -2.41. The highest BCUT2D eigenvalue weighted by Gasteiger charge is 2.23. The SMILES string of the molecule is CCCC(NC(=O)c1nn(-c2ccc(F)cc2)cc1Br)C(=O)O. The second-order valence-electron chi connectivity index (χ2n) is 4.90. The molecule has 0 aliphatic heterocycles. The standard InChI is InChI=1S/C15H15BrFN3O3/c1-2-3-12(15(22)23)18-14(21)13-11(16)8-20(19-13)10-6-4-9(17)5-7-10/h4-8,12H,2-3H2,1H3,(H,18,21)(H,22,23). The third kappa shape index (κ3) is 4.16. The number of rotatable bonds is 6. The van der Waals surface area contributed by atoms with Gasteiger partial charge in [-0.05, 0) is 46.6 Å². The van der Waals surface area contributed by atoms with Crippen LogP contribution in [0.1, 0.15) is 30.3 Å². The van der Waals surface area contributed by atoms with Crippen LogP contribution in [0.5, 0.6) is 0 Å². The van der Waals surface area contributed by atoms with Gasteiger partial charge in [-0.1, -0.05) is 13.3 Å². The number of carbonyl (C=O) groups is 2. The van der Waals surface area contributed by atoms with Crippen molar-refractivity contribution in [2.24, 2.45) is 0 Å². The summed E-state index contributed by atoms with van der Waals surface area (Å²) in [5, 5.41) is 15.7. The Morgan fingerprint density at radius 3 is 2.61 bits per heavy atom. The summed E-state index contributed by atoms with van der Waals surface area (Å²) in [6.07, 6.45) is 2.51. The summed E-state index contributed by atoms with van der Waals surface area (Å²) < 4.78 is 14.8. The van der Waals surface area contributed by atoms with Gasteiger partial charge in [-0.2, -0.15) is 5.10 Å². The molecule has 1 aromatic carbocycles. The largest absolute Gasteiger partial charge is 0.480 e. The number of benzene rings is 1. The highest BCUT2D eigenvalue weighted by molar-refractivity contribution is 9.10. The molecule has 0 fully saturated rings. The van der Waals surface area contributed by atoms with Crippen molar-refractivity contribution in [2.45, 2.75) is 25.8 Å². The molecule has 2 rings (SSSR count). The molecular formula is C15H15BrFN3O3. The summed E-state index contributed by atoms with van der Waals surface area (Å²) in [5.74, 6) is -2.05. The van der Waals surface area contributed by atoms with Gasteiger partial charge < -0.3 is 10.4 Å². The summed E-state index contributed by atoms with van der Waals surface area (Å²) >= 11 is 3.23. The topological polar surface area (TPSA) is 84.2 Å². The van der Waals surface area contributed by atoms with Gasteiger partial charge >= 0.3 is 5.97 Å². The highest BCUT2D eigenvalue weighted by Crippen LogP contribution is 2.18. The molecule has 0 saturated carbocycles. The average molecular weight is 384 g/mol. The number of nitrogens with one attached hydrogen (secondary N) is 1. The zero-order chi connectivity index (χ0) is 17.0. The van der Waals surface area contributed by atoms with E-state index in [1.54, 1.807) is 6.20 Å². The normalized spacial score (nSPS) is 12.0. The fraction of sp³-hybridized carbons (Fsp3) is 0.267. The molecule has 1 unspecified atom stereocenters. The number of hydrogen-bond donors (Lipinski definition) is 2. The van der Waals surface area contributed by atoms with Gasteiger partial charge in [0.15, 0.2) is 5.69 Å². The first-order valence-corrected chi connectivity index (χ1v) is 7.76. The van der Waals surface area contributed by atoms with Crippen LogP contribution in [-0.4, -0.2) is 32.8 Å². The van der Waals surface area contributed by atoms with Gasteiger partial charge in [0, 0.05) is 6.20 Å². The van der Waals surface area contributed by atoms with E-state index in [-0.39, 0.29) is 11.5 Å². The maximum Gasteiger partial charge on any atom is 0.326 e. The minimum Gasteiger partial charge on any atom is -0.480 e. The Labute approximate surface area is 140 Å². The van der Waals surface area contributed by atoms with Crippen LogP contribution >= 0.6 is 15.9 Å². The van der Waals surface area contributed by atoms with Crippen LogP contribution in [0, 0.1) is 5.82 Å². The Morgan fingerprint density at radius 1 is 1.39 bits per heavy atom. The van der Waals surface area contributed by atoms with E-state index >= 15 is 0 Å². The van der Waals surface area contributed by atoms with Gasteiger partial charge in [0.2, 0.25) is 0 Å². The van der Waals surface area contributed by atoms with Gasteiger partial charge in [0.25, 0.3) is 5.91 Å². The molecule has 2 aromatic rings. The van der Waals surface area contributed by atoms with Gasteiger partial charge in [0.05, 0.1) is 10.2 Å². The van der Waals surface area contributed by atoms with Gasteiger partial charge in [-0.25, -0.2) is 13.9 Å². The molecule has 0 spiro atoms. The maximum atomic E-state index is 12.9. The molecule has 1 atom stereocenters. The van der Waals surface area contributed by atoms with Crippen molar-refractivity contribution in [2.75, 3.05) is 0 Å². The summed E-state index contributed by atoms with van der Waals surface area (Å²) in [4.78, 5) is 23.3. The smallest absolute Gasteiger partial charge is 0.326 e. The Kier molecular flexibility index (Phi) is 5.49. The van der Waals surface area contributed by atoms with Crippen LogP contribution in [-0.2, 0) is 4.79 Å². The van der Waals surface area contributed by atoms with Gasteiger partial charge in [-0.15, -0.1) is 0 Å². The molecule has 23 heavy (non-hydrogen) atoms. The minimum atomic E-state index is -1.09. The van der Waals surface area contributed by atoms with Crippen LogP contribution in [0.4, 0.5) is 4.39 Å². The van der Waals surface area contributed by atoms with Crippen LogP contribution in [0.15, 0.2) is 34.9 Å². The molecule has 6 nitrogen and oxygen atoms in total. The molecule has 0 saturated heterocycles. The molecule has 0 aliphatic rings. The number of carboxylic acids is 1. The summed E-state index contributed by atoms with van der Waals surface area (Å²) in [6, 6.07) is 4.65. The predicted molar refractivity (Wildman–Crippen MR) is 85.0 cm³/mol. The van der Waals surface area contributed by atoms with Crippen molar-refractivity contribution in [1.29, 1.82) is 0 Å². The number of hydrogen-bond acceptors (Lipinski definition) is 3. The van der Waals surface area contributed by atoms with Gasteiger partial charge in [-0.3, -0.25) is 4.79 Å². The second kappa shape index (κ2) is 7.36. The molecule has 1 heterocycles. The number of aliphatic carboxylic acids is 1. The maximum absolute atomic E-state index is 12.9. The van der Waals surface area contributed by atoms with Crippen molar-refractivity contribution in [1.82, 2.24) is 15.1 Å². The van der Waals surface area contributed by atoms with Crippen molar-refractivity contribution in [3.63, 3.8) is 0 Å². The first-order chi connectivity index (χ1) is 10.9. The van der Waals surface area contributed by atoms with E-state index in [1.165, 1.54) is 28.9 Å². The van der Waals surface area contributed by atoms with E-state index in [1.807, 2.05) is 6.92 Å². The number of halogens is 2. The number of amides is 1. The molecular weight excluding hydrogens is 369 g/mol. The lowest BCUT2D eigenvalue weighted by molar-refractivity contribution is -0.139. The molecule has 122 valence electrons. The first kappa shape index (κ1) is 17.1. The van der Waals surface area contributed by atoms with E-state index in [2.05, 4.69) is 26.3 Å². The summed E-state index contributed by atoms with van der Waals surface area (Å²) in [6.45, 7) is 1.83. The number of carbonyl (C=O) groups excluding carboxylic acids is 1. The van der Waals surface area contributed by atoms with E-state index in [0.29, 0.717) is 23.0 Å². The summed E-state index contributed by atoms with van der Waals surface area (Å²) in [5.41, 5.74) is 0.645. The van der Waals surface area contributed by atoms with Crippen molar-refractivity contribution >= 4 is 27.8 Å².